The predicted molar refractivity (Wildman–Crippen MR) is 187 cm³/mol. The third-order valence-corrected chi connectivity index (χ3v) is 9.62. The molecule has 0 radical (unpaired) electrons. The molecule has 0 saturated heterocycles. The van der Waals surface area contributed by atoms with Gasteiger partial charge in [-0.3, -0.25) is 14.4 Å². The van der Waals surface area contributed by atoms with Crippen LogP contribution in [-0.2, 0) is 45.5 Å². The number of fused-ring (bicyclic) bond motifs is 1. The summed E-state index contributed by atoms with van der Waals surface area (Å²) in [6.07, 6.45) is 4.97. The highest BCUT2D eigenvalue weighted by Gasteiger charge is 2.23. The number of halogens is 1. The summed E-state index contributed by atoms with van der Waals surface area (Å²) in [6, 6.07) is 21.5. The number of benzene rings is 3. The number of hydrogen-bond acceptors (Lipinski definition) is 6. The second-order valence-electron chi connectivity index (χ2n) is 11.9. The van der Waals surface area contributed by atoms with Crippen molar-refractivity contribution in [1.82, 2.24) is 24.2 Å². The molecule has 49 heavy (non-hydrogen) atoms. The Bertz CT molecular complexity index is 2130. The number of aromatic nitrogens is 3. The van der Waals surface area contributed by atoms with Gasteiger partial charge in [0.1, 0.15) is 23.7 Å². The molecule has 2 aromatic heterocycles. The molecule has 12 heteroatoms. The first-order chi connectivity index (χ1) is 23.6. The highest BCUT2D eigenvalue weighted by molar-refractivity contribution is 7.90. The van der Waals surface area contributed by atoms with E-state index in [0.29, 0.717) is 36.3 Å². The van der Waals surface area contributed by atoms with Crippen molar-refractivity contribution < 1.29 is 22.4 Å². The van der Waals surface area contributed by atoms with E-state index in [0.717, 1.165) is 24.8 Å². The summed E-state index contributed by atoms with van der Waals surface area (Å²) in [5.74, 6) is -0.910. The van der Waals surface area contributed by atoms with Crippen LogP contribution in [0.5, 0.6) is 0 Å². The number of amides is 2. The number of hydrogen-bond donors (Lipinski definition) is 2. The fourth-order valence-corrected chi connectivity index (χ4v) is 6.91. The van der Waals surface area contributed by atoms with Crippen LogP contribution in [0, 0.1) is 5.82 Å². The Kier molecular flexibility index (Phi) is 11.4. The zero-order valence-electron chi connectivity index (χ0n) is 27.6. The van der Waals surface area contributed by atoms with E-state index < -0.39 is 27.3 Å². The summed E-state index contributed by atoms with van der Waals surface area (Å²) < 4.78 is 47.7. The number of nitrogens with zero attached hydrogens (tertiary/aromatic N) is 3. The van der Waals surface area contributed by atoms with Crippen molar-refractivity contribution in [3.8, 4) is 11.1 Å². The number of carbonyl (C=O) groups excluding carboxylic acids is 2. The highest BCUT2D eigenvalue weighted by Crippen LogP contribution is 2.29. The van der Waals surface area contributed by atoms with Crippen molar-refractivity contribution in [1.29, 1.82) is 0 Å². The van der Waals surface area contributed by atoms with Crippen LogP contribution in [0.3, 0.4) is 0 Å². The van der Waals surface area contributed by atoms with Crippen LogP contribution in [0.4, 0.5) is 4.39 Å². The van der Waals surface area contributed by atoms with Gasteiger partial charge in [-0.25, -0.2) is 22.5 Å². The number of nitrogens with one attached hydrogen (secondary N) is 2. The Morgan fingerprint density at radius 3 is 2.39 bits per heavy atom. The molecule has 0 aliphatic rings. The molecule has 3 aromatic carbocycles. The molecule has 0 atom stereocenters. The third kappa shape index (κ3) is 8.50. The largest absolute Gasteiger partial charge is 0.355 e. The smallest absolute Gasteiger partial charge is 0.277 e. The van der Waals surface area contributed by atoms with Crippen molar-refractivity contribution in [3.63, 3.8) is 0 Å². The maximum atomic E-state index is 15.9. The molecule has 10 nitrogen and oxygen atoms in total. The standard InChI is InChI=1S/C37H40FN5O5S/c1-3-5-21-39-35(45)25-42-22-20-31-36(37(42)46)43(33(40-31)11-4-2)24-28-18-17-27(23-30(28)38)29-14-9-10-15-32(29)49(47,48)41-34(44)19-16-26-12-7-6-8-13-26/h6-10,12-15,17-18,20,22-23H,3-5,11,16,19,21,24-25H2,1-2H3,(H,39,45)(H,41,44). The summed E-state index contributed by atoms with van der Waals surface area (Å²) in [6.45, 7) is 4.38. The van der Waals surface area contributed by atoms with Gasteiger partial charge in [-0.1, -0.05) is 80.9 Å². The first kappa shape index (κ1) is 35.2. The SMILES string of the molecule is CCCCNC(=O)Cn1ccc2nc(CCC)n(Cc3ccc(-c4ccccc4S(=O)(=O)NC(=O)CCc4ccccc4)cc3F)c2c1=O. The summed E-state index contributed by atoms with van der Waals surface area (Å²) in [7, 11) is -4.27. The van der Waals surface area contributed by atoms with Gasteiger partial charge in [0.25, 0.3) is 15.6 Å². The zero-order valence-corrected chi connectivity index (χ0v) is 28.4. The molecule has 0 saturated carbocycles. The maximum Gasteiger partial charge on any atom is 0.277 e. The van der Waals surface area contributed by atoms with Crippen LogP contribution in [0.2, 0.25) is 0 Å². The normalized spacial score (nSPS) is 11.5. The van der Waals surface area contributed by atoms with Gasteiger partial charge in [0.05, 0.1) is 17.0 Å². The molecule has 2 heterocycles. The summed E-state index contributed by atoms with van der Waals surface area (Å²) >= 11 is 0. The molecule has 0 unspecified atom stereocenters. The van der Waals surface area contributed by atoms with Gasteiger partial charge in [-0.2, -0.15) is 0 Å². The fraction of sp³-hybridized carbons (Fsp3) is 0.297. The van der Waals surface area contributed by atoms with E-state index in [-0.39, 0.29) is 47.0 Å². The molecule has 5 aromatic rings. The molecule has 0 bridgehead atoms. The maximum absolute atomic E-state index is 15.9. The minimum Gasteiger partial charge on any atom is -0.355 e. The fourth-order valence-electron chi connectivity index (χ4n) is 5.66. The van der Waals surface area contributed by atoms with E-state index in [4.69, 9.17) is 0 Å². The molecule has 0 aliphatic carbocycles. The van der Waals surface area contributed by atoms with Crippen molar-refractivity contribution in [2.75, 3.05) is 6.54 Å². The van der Waals surface area contributed by atoms with Crippen LogP contribution in [0.25, 0.3) is 22.2 Å². The van der Waals surface area contributed by atoms with Crippen LogP contribution < -0.4 is 15.6 Å². The van der Waals surface area contributed by atoms with E-state index in [2.05, 4.69) is 15.0 Å². The van der Waals surface area contributed by atoms with E-state index in [9.17, 15) is 22.8 Å². The number of unbranched alkanes of at least 4 members (excludes halogenated alkanes) is 1. The Hall–Kier alpha value is -5.10. The molecule has 0 aliphatic heterocycles. The number of pyridine rings is 1. The molecule has 0 fully saturated rings. The molecule has 0 spiro atoms. The van der Waals surface area contributed by atoms with Gasteiger partial charge < -0.3 is 14.5 Å². The molecule has 256 valence electrons. The van der Waals surface area contributed by atoms with E-state index in [1.54, 1.807) is 41.1 Å². The monoisotopic (exact) mass is 685 g/mol. The zero-order chi connectivity index (χ0) is 35.0. The van der Waals surface area contributed by atoms with Gasteiger partial charge in [0.15, 0.2) is 0 Å². The van der Waals surface area contributed by atoms with Crippen molar-refractivity contribution >= 4 is 32.9 Å². The molecule has 5 rings (SSSR count). The molecular weight excluding hydrogens is 646 g/mol. The van der Waals surface area contributed by atoms with Gasteiger partial charge in [0, 0.05) is 36.7 Å². The van der Waals surface area contributed by atoms with E-state index >= 15 is 4.39 Å². The number of imidazole rings is 1. The predicted octanol–water partition coefficient (Wildman–Crippen LogP) is 5.36. The number of aryl methyl sites for hydroxylation is 2. The quantitative estimate of drug-likeness (QED) is 0.143. The van der Waals surface area contributed by atoms with Crippen LogP contribution in [0.15, 0.2) is 94.7 Å². The summed E-state index contributed by atoms with van der Waals surface area (Å²) in [4.78, 5) is 43.2. The van der Waals surface area contributed by atoms with Crippen LogP contribution in [-0.4, -0.2) is 40.9 Å². The lowest BCUT2D eigenvalue weighted by atomic mass is 10.0. The molecule has 2 N–H and O–H groups in total. The topological polar surface area (TPSA) is 132 Å². The first-order valence-corrected chi connectivity index (χ1v) is 17.9. The number of sulfonamides is 1. The molecular formula is C37H40FN5O5S. The minimum atomic E-state index is -4.27. The van der Waals surface area contributed by atoms with Gasteiger partial charge in [-0.05, 0) is 48.6 Å². The van der Waals surface area contributed by atoms with E-state index in [1.807, 2.05) is 44.2 Å². The lowest BCUT2D eigenvalue weighted by Crippen LogP contribution is -2.33. The first-order valence-electron chi connectivity index (χ1n) is 16.4. The lowest BCUT2D eigenvalue weighted by molar-refractivity contribution is -0.122. The third-order valence-electron chi connectivity index (χ3n) is 8.19. The van der Waals surface area contributed by atoms with Gasteiger partial charge in [0.2, 0.25) is 11.8 Å². The average molecular weight is 686 g/mol. The van der Waals surface area contributed by atoms with Crippen molar-refractivity contribution in [3.05, 3.63) is 118 Å². The summed E-state index contributed by atoms with van der Waals surface area (Å²) in [5.41, 5.74) is 2.04. The Morgan fingerprint density at radius 1 is 0.898 bits per heavy atom. The second-order valence-corrected chi connectivity index (χ2v) is 13.5. The van der Waals surface area contributed by atoms with Crippen LogP contribution >= 0.6 is 0 Å². The minimum absolute atomic E-state index is 0.00267. The van der Waals surface area contributed by atoms with Gasteiger partial charge >= 0.3 is 0 Å². The van der Waals surface area contributed by atoms with Crippen molar-refractivity contribution in [2.24, 2.45) is 0 Å². The second kappa shape index (κ2) is 15.9. The van der Waals surface area contributed by atoms with E-state index in [1.165, 1.54) is 22.8 Å². The van der Waals surface area contributed by atoms with Gasteiger partial charge in [-0.15, -0.1) is 0 Å². The van der Waals surface area contributed by atoms with Crippen LogP contribution in [0.1, 0.15) is 56.5 Å². The number of carbonyl (C=O) groups is 2. The van der Waals surface area contributed by atoms with Crippen molar-refractivity contribution in [2.45, 2.75) is 70.4 Å². The average Bonchev–Trinajstić information content (AvgIpc) is 3.43. The Morgan fingerprint density at radius 2 is 1.65 bits per heavy atom. The highest BCUT2D eigenvalue weighted by atomic mass is 32.2. The number of rotatable bonds is 15. The molecule has 2 amide bonds. The lowest BCUT2D eigenvalue weighted by Gasteiger charge is -2.14. The summed E-state index contributed by atoms with van der Waals surface area (Å²) in [5, 5.41) is 2.82. The Balaban J connectivity index is 1.40. The Labute approximate surface area is 285 Å².